The molecule has 0 radical (unpaired) electrons. The van der Waals surface area contributed by atoms with E-state index >= 15 is 0 Å². The molecular formula is C30H28N2O2. The van der Waals surface area contributed by atoms with Crippen LogP contribution in [0, 0.1) is 0 Å². The van der Waals surface area contributed by atoms with Crippen molar-refractivity contribution in [2.45, 2.75) is 25.0 Å². The summed E-state index contributed by atoms with van der Waals surface area (Å²) in [5.74, 6) is 0. The molecule has 0 aromatic heterocycles. The molecule has 2 aliphatic rings. The molecule has 0 bridgehead atoms. The Morgan fingerprint density at radius 2 is 0.941 bits per heavy atom. The number of aliphatic hydroxyl groups excluding tert-OH is 2. The average Bonchev–Trinajstić information content (AvgIpc) is 2.88. The predicted octanol–water partition coefficient (Wildman–Crippen LogP) is 5.46. The predicted molar refractivity (Wildman–Crippen MR) is 138 cm³/mol. The molecule has 170 valence electrons. The molecule has 0 amide bonds. The van der Waals surface area contributed by atoms with E-state index in [-0.39, 0.29) is 0 Å². The van der Waals surface area contributed by atoms with E-state index in [4.69, 9.17) is 0 Å². The van der Waals surface area contributed by atoms with Crippen molar-refractivity contribution in [1.29, 1.82) is 0 Å². The first kappa shape index (κ1) is 21.0. The Morgan fingerprint density at radius 1 is 0.529 bits per heavy atom. The molecule has 2 atom stereocenters. The fourth-order valence-corrected chi connectivity index (χ4v) is 5.34. The van der Waals surface area contributed by atoms with Crippen molar-refractivity contribution >= 4 is 22.7 Å². The van der Waals surface area contributed by atoms with Gasteiger partial charge in [0.05, 0.1) is 12.2 Å². The molecule has 4 aromatic carbocycles. The van der Waals surface area contributed by atoms with Gasteiger partial charge >= 0.3 is 0 Å². The first-order chi connectivity index (χ1) is 16.7. The summed E-state index contributed by atoms with van der Waals surface area (Å²) in [5, 5.41) is 21.2. The van der Waals surface area contributed by atoms with Gasteiger partial charge in [-0.1, -0.05) is 48.5 Å². The van der Waals surface area contributed by atoms with Gasteiger partial charge in [0.25, 0.3) is 0 Å². The topological polar surface area (TPSA) is 46.9 Å². The highest BCUT2D eigenvalue weighted by Crippen LogP contribution is 2.39. The lowest BCUT2D eigenvalue weighted by Gasteiger charge is -2.35. The van der Waals surface area contributed by atoms with Gasteiger partial charge < -0.3 is 20.0 Å². The maximum Gasteiger partial charge on any atom is 0.0760 e. The van der Waals surface area contributed by atoms with Crippen LogP contribution in [0.4, 0.5) is 22.7 Å². The molecule has 2 heterocycles. The van der Waals surface area contributed by atoms with Gasteiger partial charge in [-0.05, 0) is 70.8 Å². The summed E-state index contributed by atoms with van der Waals surface area (Å²) in [5.41, 5.74) is 9.09. The van der Waals surface area contributed by atoms with Gasteiger partial charge in [-0.3, -0.25) is 0 Å². The molecule has 2 aliphatic heterocycles. The zero-order valence-corrected chi connectivity index (χ0v) is 19.0. The number of benzene rings is 4. The smallest absolute Gasteiger partial charge is 0.0760 e. The van der Waals surface area contributed by atoms with E-state index in [1.54, 1.807) is 0 Å². The number of fused-ring (bicyclic) bond motifs is 2. The molecule has 2 N–H and O–H groups in total. The third kappa shape index (κ3) is 3.85. The third-order valence-corrected chi connectivity index (χ3v) is 6.91. The van der Waals surface area contributed by atoms with Crippen molar-refractivity contribution in [3.63, 3.8) is 0 Å². The Morgan fingerprint density at radius 3 is 1.35 bits per heavy atom. The minimum Gasteiger partial charge on any atom is -0.391 e. The van der Waals surface area contributed by atoms with Gasteiger partial charge in [0.15, 0.2) is 0 Å². The van der Waals surface area contributed by atoms with E-state index in [2.05, 4.69) is 70.5 Å². The van der Waals surface area contributed by atoms with Crippen molar-refractivity contribution in [1.82, 2.24) is 0 Å². The minimum atomic E-state index is -0.402. The molecule has 0 aliphatic carbocycles. The summed E-state index contributed by atoms with van der Waals surface area (Å²) < 4.78 is 0. The zero-order chi connectivity index (χ0) is 23.1. The van der Waals surface area contributed by atoms with E-state index in [1.165, 1.54) is 0 Å². The largest absolute Gasteiger partial charge is 0.391 e. The van der Waals surface area contributed by atoms with E-state index in [0.717, 1.165) is 45.0 Å². The molecule has 0 saturated heterocycles. The molecule has 4 nitrogen and oxygen atoms in total. The first-order valence-electron chi connectivity index (χ1n) is 11.9. The number of hydrogen-bond acceptors (Lipinski definition) is 4. The highest BCUT2D eigenvalue weighted by molar-refractivity contribution is 5.77. The number of nitrogens with zero attached hydrogens (tertiary/aromatic N) is 2. The van der Waals surface area contributed by atoms with E-state index < -0.39 is 12.2 Å². The summed E-state index contributed by atoms with van der Waals surface area (Å²) in [7, 11) is 0. The van der Waals surface area contributed by atoms with Crippen LogP contribution in [0.5, 0.6) is 0 Å². The molecule has 0 saturated carbocycles. The van der Waals surface area contributed by atoms with Crippen LogP contribution in [0.3, 0.4) is 0 Å². The number of anilines is 4. The summed E-state index contributed by atoms with van der Waals surface area (Å²) >= 11 is 0. The van der Waals surface area contributed by atoms with Crippen LogP contribution in [-0.4, -0.2) is 35.5 Å². The van der Waals surface area contributed by atoms with Gasteiger partial charge in [0, 0.05) is 48.7 Å². The Labute approximate surface area is 200 Å². The fraction of sp³-hybridized carbons (Fsp3) is 0.200. The van der Waals surface area contributed by atoms with Crippen LogP contribution >= 0.6 is 0 Å². The van der Waals surface area contributed by atoms with Gasteiger partial charge in [-0.2, -0.15) is 0 Å². The van der Waals surface area contributed by atoms with Crippen molar-refractivity contribution in [2.75, 3.05) is 22.9 Å². The fourth-order valence-electron chi connectivity index (χ4n) is 5.34. The Hall–Kier alpha value is -3.60. The van der Waals surface area contributed by atoms with Crippen molar-refractivity contribution in [3.8, 4) is 11.1 Å². The number of β-amino-alcohol motifs (C(OH)–C–C–N with tert-alkyl or cyclic N) is 2. The summed E-state index contributed by atoms with van der Waals surface area (Å²) in [6.07, 6.45) is 0.498. The number of aliphatic hydroxyl groups is 2. The monoisotopic (exact) mass is 448 g/mol. The maximum absolute atomic E-state index is 10.6. The molecule has 2 unspecified atom stereocenters. The highest BCUT2D eigenvalue weighted by Gasteiger charge is 2.26. The van der Waals surface area contributed by atoms with Crippen molar-refractivity contribution in [2.24, 2.45) is 0 Å². The Bertz CT molecular complexity index is 1200. The second kappa shape index (κ2) is 8.64. The highest BCUT2D eigenvalue weighted by atomic mass is 16.3. The van der Waals surface area contributed by atoms with Crippen LogP contribution in [0.15, 0.2) is 97.1 Å². The van der Waals surface area contributed by atoms with Gasteiger partial charge in [-0.15, -0.1) is 0 Å². The Balaban J connectivity index is 1.36. The van der Waals surface area contributed by atoms with E-state index in [1.807, 2.05) is 36.4 Å². The van der Waals surface area contributed by atoms with Crippen LogP contribution < -0.4 is 9.80 Å². The molecular weight excluding hydrogens is 420 g/mol. The number of hydrogen-bond donors (Lipinski definition) is 2. The molecule has 0 fully saturated rings. The summed E-state index contributed by atoms with van der Waals surface area (Å²) in [6.45, 7) is 1.20. The lowest BCUT2D eigenvalue weighted by molar-refractivity contribution is 0.178. The van der Waals surface area contributed by atoms with Gasteiger partial charge in [0.2, 0.25) is 0 Å². The van der Waals surface area contributed by atoms with E-state index in [0.29, 0.717) is 25.9 Å². The maximum atomic E-state index is 10.6. The normalized spacial score (nSPS) is 19.5. The molecule has 34 heavy (non-hydrogen) atoms. The van der Waals surface area contributed by atoms with Crippen molar-refractivity contribution in [3.05, 3.63) is 108 Å². The molecule has 0 spiro atoms. The second-order valence-corrected chi connectivity index (χ2v) is 9.30. The van der Waals surface area contributed by atoms with Crippen molar-refractivity contribution < 1.29 is 10.2 Å². The zero-order valence-electron chi connectivity index (χ0n) is 19.0. The summed E-state index contributed by atoms with van der Waals surface area (Å²) in [4.78, 5) is 4.41. The van der Waals surface area contributed by atoms with Gasteiger partial charge in [0.1, 0.15) is 0 Å². The number of para-hydroxylation sites is 2. The molecule has 6 rings (SSSR count). The third-order valence-electron chi connectivity index (χ3n) is 6.91. The quantitative estimate of drug-likeness (QED) is 0.437. The first-order valence-corrected chi connectivity index (χ1v) is 11.9. The lowest BCUT2D eigenvalue weighted by atomic mass is 9.91. The van der Waals surface area contributed by atoms with E-state index in [9.17, 15) is 10.2 Å². The van der Waals surface area contributed by atoms with Crippen LogP contribution in [-0.2, 0) is 12.8 Å². The SMILES string of the molecule is OC1Cc2cc(-c3ccc4c(c3)CC(O)CN4c3ccccc3)ccc2N(c2ccccc2)C1. The molecule has 4 aromatic rings. The minimum absolute atomic E-state index is 0.402. The molecule has 4 heteroatoms. The van der Waals surface area contributed by atoms with Crippen LogP contribution in [0.25, 0.3) is 11.1 Å². The number of rotatable bonds is 3. The van der Waals surface area contributed by atoms with Crippen LogP contribution in [0.1, 0.15) is 11.1 Å². The van der Waals surface area contributed by atoms with Crippen LogP contribution in [0.2, 0.25) is 0 Å². The summed E-state index contributed by atoms with van der Waals surface area (Å²) in [6, 6.07) is 33.6. The average molecular weight is 449 g/mol. The standard InChI is InChI=1S/C30H28N2O2/c33-27-17-23-15-21(11-13-29(23)31(19-27)25-7-3-1-4-8-25)22-12-14-30-24(16-22)18-28(34)20-32(30)26-9-5-2-6-10-26/h1-16,27-28,33-34H,17-20H2. The second-order valence-electron chi connectivity index (χ2n) is 9.30. The Kier molecular flexibility index (Phi) is 5.33. The lowest BCUT2D eigenvalue weighted by Crippen LogP contribution is -2.35. The van der Waals surface area contributed by atoms with Gasteiger partial charge in [-0.25, -0.2) is 0 Å².